The molecule has 0 bridgehead atoms. The monoisotopic (exact) mass is 222 g/mol. The van der Waals surface area contributed by atoms with Gasteiger partial charge in [0.25, 0.3) is 0 Å². The fourth-order valence-corrected chi connectivity index (χ4v) is 1.37. The van der Waals surface area contributed by atoms with Crippen LogP contribution in [0.5, 0.6) is 0 Å². The van der Waals surface area contributed by atoms with Gasteiger partial charge >= 0.3 is 0 Å². The Hall–Kier alpha value is -1.60. The molecule has 1 rings (SSSR count). The van der Waals surface area contributed by atoms with Crippen molar-refractivity contribution in [3.05, 3.63) is 29.6 Å². The third-order valence-electron chi connectivity index (χ3n) is 2.33. The van der Waals surface area contributed by atoms with Gasteiger partial charge in [0.1, 0.15) is 5.82 Å². The van der Waals surface area contributed by atoms with Gasteiger partial charge in [0.2, 0.25) is 0 Å². The molecule has 0 aliphatic rings. The van der Waals surface area contributed by atoms with E-state index in [-0.39, 0.29) is 6.10 Å². The van der Waals surface area contributed by atoms with Gasteiger partial charge in [0.15, 0.2) is 0 Å². The first-order valence-corrected chi connectivity index (χ1v) is 5.13. The number of aliphatic hydroxyl groups excluding tert-OH is 1. The smallest absolute Gasteiger partial charge is 0.126 e. The van der Waals surface area contributed by atoms with Crippen LogP contribution in [0.3, 0.4) is 0 Å². The SMILES string of the molecule is CC(O)CCN(C)c1cc(F)cc(C#N)c1. The maximum atomic E-state index is 13.1. The van der Waals surface area contributed by atoms with E-state index in [1.165, 1.54) is 12.1 Å². The van der Waals surface area contributed by atoms with E-state index in [9.17, 15) is 4.39 Å². The number of hydrogen-bond donors (Lipinski definition) is 1. The van der Waals surface area contributed by atoms with Crippen LogP contribution >= 0.6 is 0 Å². The summed E-state index contributed by atoms with van der Waals surface area (Å²) < 4.78 is 13.1. The average Bonchev–Trinajstić information content (AvgIpc) is 2.24. The molecular formula is C12H15FN2O. The minimum atomic E-state index is -0.419. The van der Waals surface area contributed by atoms with Crippen molar-refractivity contribution in [2.45, 2.75) is 19.4 Å². The summed E-state index contributed by atoms with van der Waals surface area (Å²) in [7, 11) is 1.80. The van der Waals surface area contributed by atoms with Gasteiger partial charge in [-0.2, -0.15) is 5.26 Å². The highest BCUT2D eigenvalue weighted by molar-refractivity contribution is 5.51. The number of anilines is 1. The van der Waals surface area contributed by atoms with E-state index in [0.717, 1.165) is 0 Å². The molecule has 0 saturated heterocycles. The Kier molecular flexibility index (Phi) is 4.27. The van der Waals surface area contributed by atoms with Gasteiger partial charge in [-0.15, -0.1) is 0 Å². The number of benzene rings is 1. The number of rotatable bonds is 4. The number of aliphatic hydroxyl groups is 1. The molecule has 0 heterocycles. The lowest BCUT2D eigenvalue weighted by Crippen LogP contribution is -2.21. The molecule has 16 heavy (non-hydrogen) atoms. The number of nitriles is 1. The lowest BCUT2D eigenvalue weighted by molar-refractivity contribution is 0.187. The van der Waals surface area contributed by atoms with Crippen molar-refractivity contribution < 1.29 is 9.50 Å². The lowest BCUT2D eigenvalue weighted by Gasteiger charge is -2.20. The summed E-state index contributed by atoms with van der Waals surface area (Å²) in [5.74, 6) is -0.419. The molecule has 0 radical (unpaired) electrons. The third kappa shape index (κ3) is 3.52. The molecule has 0 fully saturated rings. The number of halogens is 1. The van der Waals surface area contributed by atoms with Gasteiger partial charge in [-0.1, -0.05) is 0 Å². The normalized spacial score (nSPS) is 11.9. The predicted octanol–water partition coefficient (Wildman–Crippen LogP) is 1.90. The Morgan fingerprint density at radius 3 is 2.75 bits per heavy atom. The van der Waals surface area contributed by atoms with E-state index in [0.29, 0.717) is 24.2 Å². The molecule has 0 aromatic heterocycles. The molecule has 0 aliphatic heterocycles. The van der Waals surface area contributed by atoms with Crippen LogP contribution in [0, 0.1) is 17.1 Å². The summed E-state index contributed by atoms with van der Waals surface area (Å²) in [5.41, 5.74) is 0.955. The summed E-state index contributed by atoms with van der Waals surface area (Å²) in [4.78, 5) is 1.82. The topological polar surface area (TPSA) is 47.3 Å². The van der Waals surface area contributed by atoms with E-state index < -0.39 is 5.82 Å². The van der Waals surface area contributed by atoms with E-state index in [1.807, 2.05) is 11.0 Å². The molecule has 1 unspecified atom stereocenters. The molecule has 0 amide bonds. The largest absolute Gasteiger partial charge is 0.393 e. The standard InChI is InChI=1S/C12H15FN2O/c1-9(16)3-4-15(2)12-6-10(8-14)5-11(13)7-12/h5-7,9,16H,3-4H2,1-2H3. The zero-order chi connectivity index (χ0) is 12.1. The Labute approximate surface area is 94.7 Å². The fourth-order valence-electron chi connectivity index (χ4n) is 1.37. The number of hydrogen-bond acceptors (Lipinski definition) is 3. The highest BCUT2D eigenvalue weighted by atomic mass is 19.1. The fraction of sp³-hybridized carbons (Fsp3) is 0.417. The van der Waals surface area contributed by atoms with Crippen molar-refractivity contribution in [3.8, 4) is 6.07 Å². The van der Waals surface area contributed by atoms with Crippen LogP contribution in [-0.2, 0) is 0 Å². The van der Waals surface area contributed by atoms with Crippen molar-refractivity contribution in [2.24, 2.45) is 0 Å². The highest BCUT2D eigenvalue weighted by Gasteiger charge is 2.06. The van der Waals surface area contributed by atoms with Crippen molar-refractivity contribution in [3.63, 3.8) is 0 Å². The maximum absolute atomic E-state index is 13.1. The van der Waals surface area contributed by atoms with Gasteiger partial charge in [-0.25, -0.2) is 4.39 Å². The van der Waals surface area contributed by atoms with Gasteiger partial charge in [-0.3, -0.25) is 0 Å². The first-order chi connectivity index (χ1) is 7.52. The van der Waals surface area contributed by atoms with Crippen LogP contribution in [0.2, 0.25) is 0 Å². The van der Waals surface area contributed by atoms with E-state index >= 15 is 0 Å². The van der Waals surface area contributed by atoms with Gasteiger partial charge < -0.3 is 10.0 Å². The summed E-state index contributed by atoms with van der Waals surface area (Å²) in [5, 5.41) is 17.9. The Balaban J connectivity index is 2.79. The van der Waals surface area contributed by atoms with Gasteiger partial charge in [0.05, 0.1) is 17.7 Å². The molecular weight excluding hydrogens is 207 g/mol. The second kappa shape index (κ2) is 5.47. The van der Waals surface area contributed by atoms with Crippen LogP contribution in [-0.4, -0.2) is 24.8 Å². The first kappa shape index (κ1) is 12.5. The average molecular weight is 222 g/mol. The summed E-state index contributed by atoms with van der Waals surface area (Å²) in [6.07, 6.45) is 0.223. The second-order valence-corrected chi connectivity index (χ2v) is 3.87. The van der Waals surface area contributed by atoms with Crippen molar-refractivity contribution in [2.75, 3.05) is 18.5 Å². The molecule has 4 heteroatoms. The second-order valence-electron chi connectivity index (χ2n) is 3.87. The molecule has 1 atom stereocenters. The van der Waals surface area contributed by atoms with Crippen molar-refractivity contribution in [1.29, 1.82) is 5.26 Å². The van der Waals surface area contributed by atoms with Crippen molar-refractivity contribution in [1.82, 2.24) is 0 Å². The van der Waals surface area contributed by atoms with Gasteiger partial charge in [0, 0.05) is 19.3 Å². The summed E-state index contributed by atoms with van der Waals surface area (Å²) in [6.45, 7) is 2.33. The molecule has 0 aliphatic carbocycles. The molecule has 1 aromatic rings. The van der Waals surface area contributed by atoms with E-state index in [2.05, 4.69) is 0 Å². The third-order valence-corrected chi connectivity index (χ3v) is 2.33. The molecule has 3 nitrogen and oxygen atoms in total. The van der Waals surface area contributed by atoms with Crippen LogP contribution in [0.4, 0.5) is 10.1 Å². The van der Waals surface area contributed by atoms with Crippen LogP contribution in [0.25, 0.3) is 0 Å². The Bertz CT molecular complexity index is 398. The summed E-state index contributed by atoms with van der Waals surface area (Å²) in [6, 6.07) is 6.12. The molecule has 0 spiro atoms. The molecule has 86 valence electrons. The molecule has 1 N–H and O–H groups in total. The summed E-state index contributed by atoms with van der Waals surface area (Å²) >= 11 is 0. The Morgan fingerprint density at radius 1 is 1.50 bits per heavy atom. The zero-order valence-electron chi connectivity index (χ0n) is 9.44. The highest BCUT2D eigenvalue weighted by Crippen LogP contribution is 2.17. The quantitative estimate of drug-likeness (QED) is 0.846. The van der Waals surface area contributed by atoms with E-state index in [1.54, 1.807) is 20.0 Å². The Morgan fingerprint density at radius 2 is 2.19 bits per heavy atom. The minimum Gasteiger partial charge on any atom is -0.393 e. The molecule has 0 saturated carbocycles. The minimum absolute atomic E-state index is 0.305. The van der Waals surface area contributed by atoms with Crippen LogP contribution in [0.1, 0.15) is 18.9 Å². The first-order valence-electron chi connectivity index (χ1n) is 5.13. The van der Waals surface area contributed by atoms with Gasteiger partial charge in [-0.05, 0) is 31.5 Å². The van der Waals surface area contributed by atoms with Crippen molar-refractivity contribution >= 4 is 5.69 Å². The van der Waals surface area contributed by atoms with Crippen LogP contribution in [0.15, 0.2) is 18.2 Å². The number of nitrogens with zero attached hydrogens (tertiary/aromatic N) is 2. The van der Waals surface area contributed by atoms with Crippen LogP contribution < -0.4 is 4.90 Å². The zero-order valence-corrected chi connectivity index (χ0v) is 9.44. The van der Waals surface area contributed by atoms with E-state index in [4.69, 9.17) is 10.4 Å². The predicted molar refractivity (Wildman–Crippen MR) is 60.7 cm³/mol. The lowest BCUT2D eigenvalue weighted by atomic mass is 10.2. The molecule has 1 aromatic carbocycles. The maximum Gasteiger partial charge on any atom is 0.126 e.